The van der Waals surface area contributed by atoms with E-state index in [1.165, 1.54) is 31.1 Å². The summed E-state index contributed by atoms with van der Waals surface area (Å²) in [5.74, 6) is 1.13. The van der Waals surface area contributed by atoms with Crippen molar-refractivity contribution in [2.24, 2.45) is 0 Å². The predicted molar refractivity (Wildman–Crippen MR) is 66.6 cm³/mol. The molecule has 2 aliphatic rings. The first-order valence-electron chi connectivity index (χ1n) is 5.97. The second kappa shape index (κ2) is 4.59. The van der Waals surface area contributed by atoms with Crippen molar-refractivity contribution >= 4 is 22.3 Å². The fourth-order valence-electron chi connectivity index (χ4n) is 2.25. The average molecular weight is 239 g/mol. The number of aromatic nitrogens is 1. The monoisotopic (exact) mass is 239 g/mol. The van der Waals surface area contributed by atoms with Crippen LogP contribution in [0.3, 0.4) is 0 Å². The van der Waals surface area contributed by atoms with Crippen molar-refractivity contribution in [3.05, 3.63) is 5.38 Å². The number of thiazole rings is 1. The lowest BCUT2D eigenvalue weighted by Gasteiger charge is -2.26. The van der Waals surface area contributed by atoms with Gasteiger partial charge in [0.05, 0.1) is 13.2 Å². The first-order chi connectivity index (χ1) is 7.93. The molecule has 88 valence electrons. The van der Waals surface area contributed by atoms with Crippen LogP contribution >= 0.6 is 11.3 Å². The third kappa shape index (κ3) is 2.01. The van der Waals surface area contributed by atoms with Gasteiger partial charge in [-0.05, 0) is 12.8 Å². The normalized spacial score (nSPS) is 21.8. The average Bonchev–Trinajstić information content (AvgIpc) is 3.01. The summed E-state index contributed by atoms with van der Waals surface area (Å²) in [6, 6.07) is 0. The van der Waals surface area contributed by atoms with E-state index in [0.717, 1.165) is 32.1 Å². The van der Waals surface area contributed by atoms with Crippen LogP contribution in [0.1, 0.15) is 12.8 Å². The summed E-state index contributed by atoms with van der Waals surface area (Å²) >= 11 is 1.77. The van der Waals surface area contributed by atoms with E-state index in [0.29, 0.717) is 0 Å². The Kier molecular flexibility index (Phi) is 2.97. The molecule has 5 heteroatoms. The van der Waals surface area contributed by atoms with Crippen LogP contribution in [-0.2, 0) is 4.74 Å². The van der Waals surface area contributed by atoms with E-state index in [1.807, 2.05) is 0 Å². The molecule has 0 unspecified atom stereocenters. The SMILES string of the molecule is c1sc(N2CCCC2)nc1N1CCOCC1. The van der Waals surface area contributed by atoms with E-state index in [4.69, 9.17) is 9.72 Å². The summed E-state index contributed by atoms with van der Waals surface area (Å²) in [4.78, 5) is 9.45. The molecule has 0 N–H and O–H groups in total. The van der Waals surface area contributed by atoms with Crippen LogP contribution in [0, 0.1) is 0 Å². The second-order valence-corrected chi connectivity index (χ2v) is 5.12. The number of ether oxygens (including phenoxy) is 1. The molecule has 1 aromatic rings. The fraction of sp³-hybridized carbons (Fsp3) is 0.727. The highest BCUT2D eigenvalue weighted by atomic mass is 32.1. The van der Waals surface area contributed by atoms with Gasteiger partial charge < -0.3 is 14.5 Å². The Morgan fingerprint density at radius 1 is 1.06 bits per heavy atom. The molecule has 16 heavy (non-hydrogen) atoms. The molecule has 0 aliphatic carbocycles. The smallest absolute Gasteiger partial charge is 0.187 e. The molecule has 0 amide bonds. The van der Waals surface area contributed by atoms with Gasteiger partial charge in [0.25, 0.3) is 0 Å². The van der Waals surface area contributed by atoms with Crippen molar-refractivity contribution in [3.63, 3.8) is 0 Å². The topological polar surface area (TPSA) is 28.6 Å². The summed E-state index contributed by atoms with van der Waals surface area (Å²) in [5.41, 5.74) is 0. The maximum Gasteiger partial charge on any atom is 0.187 e. The van der Waals surface area contributed by atoms with Gasteiger partial charge in [-0.3, -0.25) is 0 Å². The maximum absolute atomic E-state index is 5.35. The minimum Gasteiger partial charge on any atom is -0.378 e. The van der Waals surface area contributed by atoms with Crippen LogP contribution < -0.4 is 9.80 Å². The van der Waals surface area contributed by atoms with Crippen LogP contribution in [0.15, 0.2) is 5.38 Å². The van der Waals surface area contributed by atoms with Gasteiger partial charge in [-0.2, -0.15) is 0 Å². The van der Waals surface area contributed by atoms with E-state index >= 15 is 0 Å². The molecule has 0 saturated carbocycles. The summed E-state index contributed by atoms with van der Waals surface area (Å²) < 4.78 is 5.35. The lowest BCUT2D eigenvalue weighted by atomic mass is 10.4. The van der Waals surface area contributed by atoms with Gasteiger partial charge in [-0.1, -0.05) is 0 Å². The molecule has 0 aromatic carbocycles. The predicted octanol–water partition coefficient (Wildman–Crippen LogP) is 1.58. The van der Waals surface area contributed by atoms with E-state index < -0.39 is 0 Å². The highest BCUT2D eigenvalue weighted by Gasteiger charge is 2.18. The van der Waals surface area contributed by atoms with Gasteiger partial charge >= 0.3 is 0 Å². The third-order valence-electron chi connectivity index (χ3n) is 3.19. The molecule has 1 aromatic heterocycles. The largest absolute Gasteiger partial charge is 0.378 e. The highest BCUT2D eigenvalue weighted by molar-refractivity contribution is 7.14. The number of hydrogen-bond donors (Lipinski definition) is 0. The Morgan fingerprint density at radius 3 is 2.56 bits per heavy atom. The molecule has 0 bridgehead atoms. The Labute approximate surface area is 99.8 Å². The number of anilines is 2. The zero-order valence-corrected chi connectivity index (χ0v) is 10.2. The highest BCUT2D eigenvalue weighted by Crippen LogP contribution is 2.28. The van der Waals surface area contributed by atoms with Crippen LogP contribution in [0.25, 0.3) is 0 Å². The molecule has 2 aliphatic heterocycles. The van der Waals surface area contributed by atoms with Crippen LogP contribution in [-0.4, -0.2) is 44.4 Å². The van der Waals surface area contributed by atoms with Crippen molar-refractivity contribution in [2.75, 3.05) is 49.2 Å². The Balaban J connectivity index is 1.71. The van der Waals surface area contributed by atoms with Crippen LogP contribution in [0.2, 0.25) is 0 Å². The zero-order chi connectivity index (χ0) is 10.8. The van der Waals surface area contributed by atoms with Gasteiger partial charge in [-0.15, -0.1) is 11.3 Å². The quantitative estimate of drug-likeness (QED) is 0.783. The van der Waals surface area contributed by atoms with Crippen molar-refractivity contribution in [3.8, 4) is 0 Å². The van der Waals surface area contributed by atoms with Crippen molar-refractivity contribution in [1.82, 2.24) is 4.98 Å². The standard InChI is InChI=1S/C11H17N3OS/c1-2-4-14(3-1)11-12-10(9-16-11)13-5-7-15-8-6-13/h9H,1-8H2. The lowest BCUT2D eigenvalue weighted by molar-refractivity contribution is 0.122. The Bertz CT molecular complexity index is 343. The summed E-state index contributed by atoms with van der Waals surface area (Å²) in [7, 11) is 0. The van der Waals surface area contributed by atoms with Crippen molar-refractivity contribution in [1.29, 1.82) is 0 Å². The van der Waals surface area contributed by atoms with Crippen LogP contribution in [0.4, 0.5) is 10.9 Å². The first-order valence-corrected chi connectivity index (χ1v) is 6.84. The molecule has 3 rings (SSSR count). The zero-order valence-electron chi connectivity index (χ0n) is 9.39. The van der Waals surface area contributed by atoms with Gasteiger partial charge in [0.15, 0.2) is 5.13 Å². The molecule has 0 radical (unpaired) electrons. The molecule has 2 saturated heterocycles. The first kappa shape index (κ1) is 10.4. The number of nitrogens with zero attached hydrogens (tertiary/aromatic N) is 3. The number of hydrogen-bond acceptors (Lipinski definition) is 5. The summed E-state index contributed by atoms with van der Waals surface area (Å²) in [5, 5.41) is 3.37. The minimum atomic E-state index is 0.830. The molecule has 2 fully saturated rings. The van der Waals surface area contributed by atoms with Crippen molar-refractivity contribution < 1.29 is 4.74 Å². The van der Waals surface area contributed by atoms with Gasteiger partial charge in [-0.25, -0.2) is 4.98 Å². The van der Waals surface area contributed by atoms with E-state index in [1.54, 1.807) is 11.3 Å². The molecular formula is C11H17N3OS. The number of morpholine rings is 1. The number of rotatable bonds is 2. The summed E-state index contributed by atoms with van der Waals surface area (Å²) in [6.45, 7) is 5.96. The molecule has 4 nitrogen and oxygen atoms in total. The van der Waals surface area contributed by atoms with E-state index in [2.05, 4.69) is 15.2 Å². The molecule has 3 heterocycles. The fourth-order valence-corrected chi connectivity index (χ4v) is 3.14. The maximum atomic E-state index is 5.35. The third-order valence-corrected chi connectivity index (χ3v) is 4.08. The second-order valence-electron chi connectivity index (χ2n) is 4.28. The Hall–Kier alpha value is -0.810. The Morgan fingerprint density at radius 2 is 1.81 bits per heavy atom. The van der Waals surface area contributed by atoms with Crippen molar-refractivity contribution in [2.45, 2.75) is 12.8 Å². The van der Waals surface area contributed by atoms with Gasteiger partial charge in [0.1, 0.15) is 5.82 Å². The minimum absolute atomic E-state index is 0.830. The van der Waals surface area contributed by atoms with Gasteiger partial charge in [0, 0.05) is 31.6 Å². The van der Waals surface area contributed by atoms with E-state index in [9.17, 15) is 0 Å². The van der Waals surface area contributed by atoms with Crippen LogP contribution in [0.5, 0.6) is 0 Å². The summed E-state index contributed by atoms with van der Waals surface area (Å²) in [6.07, 6.45) is 2.62. The van der Waals surface area contributed by atoms with Gasteiger partial charge in [0.2, 0.25) is 0 Å². The molecule has 0 atom stereocenters. The van der Waals surface area contributed by atoms with E-state index in [-0.39, 0.29) is 0 Å². The molecular weight excluding hydrogens is 222 g/mol. The lowest BCUT2D eigenvalue weighted by Crippen LogP contribution is -2.36. The molecule has 0 spiro atoms.